The average Bonchev–Trinajstić information content (AvgIpc) is 3.08. The van der Waals surface area contributed by atoms with Crippen LogP contribution < -0.4 is 14.9 Å². The Bertz CT molecular complexity index is 850. The van der Waals surface area contributed by atoms with Crippen molar-refractivity contribution in [3.05, 3.63) is 57.4 Å². The molecule has 128 valence electrons. The van der Waals surface area contributed by atoms with Crippen molar-refractivity contribution in [2.24, 2.45) is 5.10 Å². The fraction of sp³-hybridized carbons (Fsp3) is 0.133. The Labute approximate surface area is 140 Å². The predicted octanol–water partition coefficient (Wildman–Crippen LogP) is 0.975. The summed E-state index contributed by atoms with van der Waals surface area (Å²) in [7, 11) is 0. The van der Waals surface area contributed by atoms with Crippen LogP contribution in [0.3, 0.4) is 0 Å². The molecular weight excluding hydrogens is 332 g/mol. The largest absolute Gasteiger partial charge is 0.454 e. The van der Waals surface area contributed by atoms with Gasteiger partial charge in [-0.05, 0) is 18.2 Å². The molecule has 3 rings (SSSR count). The first-order chi connectivity index (χ1) is 12.1. The standard InChI is InChI=1S/C15H12N4O6/c20-7-11-2-1-9(5-16-11)15(21)18-17-6-10-3-13-14(25-8-24-13)4-12(10)19(22)23/h1-6,20H,7-8H2,(H,18,21)/b17-6-. The molecule has 2 heterocycles. The molecule has 2 N–H and O–H groups in total. The molecule has 2 aromatic rings. The van der Waals surface area contributed by atoms with Gasteiger partial charge in [-0.3, -0.25) is 19.9 Å². The summed E-state index contributed by atoms with van der Waals surface area (Å²) in [5, 5.41) is 23.8. The highest BCUT2D eigenvalue weighted by atomic mass is 16.7. The quantitative estimate of drug-likeness (QED) is 0.468. The number of nitro groups is 1. The molecule has 0 saturated carbocycles. The van der Waals surface area contributed by atoms with Crippen molar-refractivity contribution in [3.8, 4) is 11.5 Å². The zero-order chi connectivity index (χ0) is 17.8. The van der Waals surface area contributed by atoms with E-state index in [0.717, 1.165) is 6.21 Å². The fourth-order valence-corrected chi connectivity index (χ4v) is 2.09. The first kappa shape index (κ1) is 16.3. The summed E-state index contributed by atoms with van der Waals surface area (Å²) in [6.07, 6.45) is 2.44. The molecule has 1 aliphatic heterocycles. The Hall–Kier alpha value is -3.53. The van der Waals surface area contributed by atoms with E-state index in [1.165, 1.54) is 30.5 Å². The lowest BCUT2D eigenvalue weighted by Gasteiger charge is -2.02. The van der Waals surface area contributed by atoms with Crippen LogP contribution in [0.1, 0.15) is 21.6 Å². The molecule has 0 atom stereocenters. The molecule has 25 heavy (non-hydrogen) atoms. The fourth-order valence-electron chi connectivity index (χ4n) is 2.09. The number of aliphatic hydroxyl groups is 1. The second kappa shape index (κ2) is 6.93. The van der Waals surface area contributed by atoms with Crippen LogP contribution in [0, 0.1) is 10.1 Å². The Morgan fingerprint density at radius 3 is 2.80 bits per heavy atom. The maximum Gasteiger partial charge on any atom is 0.282 e. The van der Waals surface area contributed by atoms with Crippen LogP contribution >= 0.6 is 0 Å². The SMILES string of the molecule is O=C(N/N=C\c1cc2c(cc1[N+](=O)[O-])OCO2)c1ccc(CO)nc1. The predicted molar refractivity (Wildman–Crippen MR) is 84.4 cm³/mol. The van der Waals surface area contributed by atoms with Gasteiger partial charge in [0.15, 0.2) is 11.5 Å². The molecule has 0 saturated heterocycles. The second-order valence-corrected chi connectivity index (χ2v) is 4.92. The number of fused-ring (bicyclic) bond motifs is 1. The van der Waals surface area contributed by atoms with Crippen molar-refractivity contribution in [1.82, 2.24) is 10.4 Å². The number of carbonyl (C=O) groups is 1. The Morgan fingerprint density at radius 2 is 2.16 bits per heavy atom. The van der Waals surface area contributed by atoms with Gasteiger partial charge in [-0.15, -0.1) is 0 Å². The van der Waals surface area contributed by atoms with Gasteiger partial charge in [0.05, 0.1) is 40.6 Å². The van der Waals surface area contributed by atoms with Gasteiger partial charge in [-0.2, -0.15) is 5.10 Å². The lowest BCUT2D eigenvalue weighted by molar-refractivity contribution is -0.385. The number of aliphatic hydroxyl groups excluding tert-OH is 1. The maximum atomic E-state index is 11.9. The van der Waals surface area contributed by atoms with Gasteiger partial charge in [-0.1, -0.05) is 0 Å². The first-order valence-electron chi connectivity index (χ1n) is 7.05. The van der Waals surface area contributed by atoms with E-state index >= 15 is 0 Å². The molecule has 0 radical (unpaired) electrons. The third kappa shape index (κ3) is 3.53. The number of hydrazone groups is 1. The third-order valence-electron chi connectivity index (χ3n) is 3.34. The number of carbonyl (C=O) groups excluding carboxylic acids is 1. The molecule has 1 aromatic heterocycles. The number of nitrogens with one attached hydrogen (secondary N) is 1. The highest BCUT2D eigenvalue weighted by molar-refractivity contribution is 5.95. The minimum Gasteiger partial charge on any atom is -0.454 e. The van der Waals surface area contributed by atoms with Crippen LogP contribution in [0.15, 0.2) is 35.6 Å². The molecule has 0 aliphatic carbocycles. The summed E-state index contributed by atoms with van der Waals surface area (Å²) in [4.78, 5) is 26.4. The van der Waals surface area contributed by atoms with Gasteiger partial charge >= 0.3 is 0 Å². The number of ether oxygens (including phenoxy) is 2. The summed E-state index contributed by atoms with van der Waals surface area (Å²) in [6, 6.07) is 5.63. The van der Waals surface area contributed by atoms with E-state index in [1.54, 1.807) is 0 Å². The maximum absolute atomic E-state index is 11.9. The van der Waals surface area contributed by atoms with Crippen LogP contribution in [0.2, 0.25) is 0 Å². The molecular formula is C15H12N4O6. The summed E-state index contributed by atoms with van der Waals surface area (Å²) >= 11 is 0. The van der Waals surface area contributed by atoms with Gasteiger partial charge < -0.3 is 14.6 Å². The van der Waals surface area contributed by atoms with Crippen molar-refractivity contribution in [2.45, 2.75) is 6.61 Å². The van der Waals surface area contributed by atoms with Crippen LogP contribution in [0.4, 0.5) is 5.69 Å². The number of nitrogens with zero attached hydrogens (tertiary/aromatic N) is 3. The van der Waals surface area contributed by atoms with Crippen molar-refractivity contribution in [2.75, 3.05) is 6.79 Å². The molecule has 1 aliphatic rings. The van der Waals surface area contributed by atoms with Crippen molar-refractivity contribution in [1.29, 1.82) is 0 Å². The smallest absolute Gasteiger partial charge is 0.282 e. The first-order valence-corrected chi connectivity index (χ1v) is 7.05. The number of nitro benzene ring substituents is 1. The molecule has 0 spiro atoms. The number of hydrogen-bond donors (Lipinski definition) is 2. The number of amides is 1. The molecule has 10 nitrogen and oxygen atoms in total. The summed E-state index contributed by atoms with van der Waals surface area (Å²) in [5.74, 6) is 0.0988. The second-order valence-electron chi connectivity index (χ2n) is 4.92. The monoisotopic (exact) mass is 344 g/mol. The van der Waals surface area contributed by atoms with E-state index in [2.05, 4.69) is 15.5 Å². The lowest BCUT2D eigenvalue weighted by Crippen LogP contribution is -2.18. The van der Waals surface area contributed by atoms with Gasteiger partial charge in [-0.25, -0.2) is 5.43 Å². The summed E-state index contributed by atoms with van der Waals surface area (Å²) in [6.45, 7) is -0.242. The summed E-state index contributed by atoms with van der Waals surface area (Å²) in [5.41, 5.74) is 2.84. The average molecular weight is 344 g/mol. The Morgan fingerprint density at radius 1 is 1.40 bits per heavy atom. The van der Waals surface area contributed by atoms with Crippen molar-refractivity contribution < 1.29 is 24.3 Å². The van der Waals surface area contributed by atoms with Crippen LogP contribution in [0.5, 0.6) is 11.5 Å². The van der Waals surface area contributed by atoms with E-state index in [0.29, 0.717) is 11.4 Å². The van der Waals surface area contributed by atoms with Crippen molar-refractivity contribution in [3.63, 3.8) is 0 Å². The number of rotatable bonds is 5. The van der Waals surface area contributed by atoms with Crippen LogP contribution in [-0.2, 0) is 6.61 Å². The Kier molecular flexibility index (Phi) is 4.53. The highest BCUT2D eigenvalue weighted by Crippen LogP contribution is 2.37. The Balaban J connectivity index is 1.75. The molecule has 10 heteroatoms. The topological polar surface area (TPSA) is 136 Å². The van der Waals surface area contributed by atoms with Gasteiger partial charge in [0.25, 0.3) is 11.6 Å². The molecule has 0 fully saturated rings. The number of pyridine rings is 1. The number of aromatic nitrogens is 1. The van der Waals surface area contributed by atoms with Crippen molar-refractivity contribution >= 4 is 17.8 Å². The van der Waals surface area contributed by atoms with E-state index in [-0.39, 0.29) is 36.0 Å². The minimum absolute atomic E-state index is 0.0132. The van der Waals surface area contributed by atoms with Gasteiger partial charge in [0.2, 0.25) is 6.79 Å². The zero-order valence-electron chi connectivity index (χ0n) is 12.7. The summed E-state index contributed by atoms with van der Waals surface area (Å²) < 4.78 is 10.3. The molecule has 0 unspecified atom stereocenters. The number of benzene rings is 1. The van der Waals surface area contributed by atoms with Crippen LogP contribution in [-0.4, -0.2) is 33.9 Å². The normalized spacial score (nSPS) is 12.4. The van der Waals surface area contributed by atoms with E-state index in [1.807, 2.05) is 0 Å². The van der Waals surface area contributed by atoms with E-state index in [9.17, 15) is 14.9 Å². The molecule has 1 amide bonds. The van der Waals surface area contributed by atoms with Gasteiger partial charge in [0.1, 0.15) is 0 Å². The van der Waals surface area contributed by atoms with E-state index in [4.69, 9.17) is 14.6 Å². The van der Waals surface area contributed by atoms with Crippen LogP contribution in [0.25, 0.3) is 0 Å². The minimum atomic E-state index is -0.581. The lowest BCUT2D eigenvalue weighted by atomic mass is 10.1. The highest BCUT2D eigenvalue weighted by Gasteiger charge is 2.22. The van der Waals surface area contributed by atoms with E-state index < -0.39 is 10.8 Å². The van der Waals surface area contributed by atoms with Gasteiger partial charge in [0, 0.05) is 6.20 Å². The number of hydrogen-bond acceptors (Lipinski definition) is 8. The third-order valence-corrected chi connectivity index (χ3v) is 3.34. The molecule has 0 bridgehead atoms. The molecule has 1 aromatic carbocycles. The zero-order valence-corrected chi connectivity index (χ0v) is 12.7.